The smallest absolute Gasteiger partial charge is 0.258 e. The fraction of sp³-hybridized carbons (Fsp3) is 0.429. The molecule has 30 heavy (non-hydrogen) atoms. The largest absolute Gasteiger partial charge is 0.340 e. The first-order valence-corrected chi connectivity index (χ1v) is 10.5. The highest BCUT2D eigenvalue weighted by Crippen LogP contribution is 2.32. The molecule has 2 amide bonds. The van der Waals surface area contributed by atoms with Gasteiger partial charge in [0.1, 0.15) is 5.82 Å². The minimum Gasteiger partial charge on any atom is -0.340 e. The number of halogens is 1. The van der Waals surface area contributed by atoms with Crippen molar-refractivity contribution in [3.63, 3.8) is 0 Å². The predicted molar refractivity (Wildman–Crippen MR) is 116 cm³/mol. The minimum absolute atomic E-state index is 0.132. The number of H-pyrrole nitrogens is 1. The van der Waals surface area contributed by atoms with E-state index in [0.717, 1.165) is 31.4 Å². The van der Waals surface area contributed by atoms with Crippen LogP contribution in [0.5, 0.6) is 0 Å². The molecule has 0 radical (unpaired) electrons. The number of aromatic nitrogens is 2. The summed E-state index contributed by atoms with van der Waals surface area (Å²) in [5.74, 6) is -1.20. The summed E-state index contributed by atoms with van der Waals surface area (Å²) in [6.45, 7) is 4.76. The van der Waals surface area contributed by atoms with Gasteiger partial charge in [-0.15, -0.1) is 0 Å². The second kappa shape index (κ2) is 8.10. The molecular weight excluding hydrogens is 406 g/mol. The number of hydrogen-bond acceptors (Lipinski definition) is 5. The lowest BCUT2D eigenvalue weighted by molar-refractivity contribution is -0.123. The van der Waals surface area contributed by atoms with Gasteiger partial charge in [-0.3, -0.25) is 19.4 Å². The number of nitrogens with one attached hydrogen (secondary N) is 3. The van der Waals surface area contributed by atoms with E-state index in [0.29, 0.717) is 16.7 Å². The summed E-state index contributed by atoms with van der Waals surface area (Å²) >= 11 is 6.21. The number of benzene rings is 1. The molecular formula is C21H24ClN5O3. The zero-order valence-electron chi connectivity index (χ0n) is 16.9. The van der Waals surface area contributed by atoms with Crippen LogP contribution in [-0.4, -0.2) is 34.4 Å². The molecule has 0 saturated carbocycles. The molecule has 3 heterocycles. The first-order chi connectivity index (χ1) is 14.3. The summed E-state index contributed by atoms with van der Waals surface area (Å²) in [6, 6.07) is 5.49. The molecule has 0 aliphatic carbocycles. The highest BCUT2D eigenvalue weighted by Gasteiger charge is 2.35. The number of carbonyl (C=O) groups excluding carboxylic acids is 2. The fourth-order valence-electron chi connectivity index (χ4n) is 4.07. The Morgan fingerprint density at radius 3 is 2.83 bits per heavy atom. The Kier molecular flexibility index (Phi) is 5.51. The first kappa shape index (κ1) is 20.4. The number of carbonyl (C=O) groups is 2. The van der Waals surface area contributed by atoms with E-state index in [9.17, 15) is 14.4 Å². The second-order valence-electron chi connectivity index (χ2n) is 7.97. The van der Waals surface area contributed by atoms with E-state index in [1.165, 1.54) is 0 Å². The van der Waals surface area contributed by atoms with Crippen LogP contribution in [0.2, 0.25) is 5.02 Å². The molecule has 2 aliphatic rings. The summed E-state index contributed by atoms with van der Waals surface area (Å²) in [7, 11) is 0. The lowest BCUT2D eigenvalue weighted by atomic mass is 9.92. The Bertz CT molecular complexity index is 1070. The number of hydrogen-bond donors (Lipinski definition) is 3. The topological polar surface area (TPSA) is 107 Å². The summed E-state index contributed by atoms with van der Waals surface area (Å²) in [5, 5.41) is 5.79. The van der Waals surface area contributed by atoms with E-state index in [2.05, 4.69) is 27.5 Å². The fourth-order valence-corrected chi connectivity index (χ4v) is 4.36. The van der Waals surface area contributed by atoms with Crippen molar-refractivity contribution in [2.75, 3.05) is 22.1 Å². The van der Waals surface area contributed by atoms with Gasteiger partial charge < -0.3 is 15.5 Å². The molecule has 1 aromatic heterocycles. The van der Waals surface area contributed by atoms with Gasteiger partial charge in [0.25, 0.3) is 5.56 Å². The summed E-state index contributed by atoms with van der Waals surface area (Å²) in [4.78, 5) is 47.5. The molecule has 2 aromatic rings. The molecule has 2 aliphatic heterocycles. The predicted octanol–water partition coefficient (Wildman–Crippen LogP) is 3.18. The van der Waals surface area contributed by atoms with Gasteiger partial charge in [0, 0.05) is 19.0 Å². The van der Waals surface area contributed by atoms with E-state index < -0.39 is 17.4 Å². The SMILES string of the molecule is Cc1ccc(NC(=O)C2CC(=O)Nc3nc(N4CCCCC4C)[nH]c(=O)c32)c(Cl)c1. The van der Waals surface area contributed by atoms with Crippen LogP contribution in [0.1, 0.15) is 49.7 Å². The van der Waals surface area contributed by atoms with Crippen molar-refractivity contribution < 1.29 is 9.59 Å². The molecule has 0 bridgehead atoms. The molecule has 1 fully saturated rings. The average molecular weight is 430 g/mol. The van der Waals surface area contributed by atoms with Gasteiger partial charge in [0.15, 0.2) is 0 Å². The van der Waals surface area contributed by atoms with Crippen molar-refractivity contribution >= 4 is 40.9 Å². The number of nitrogens with zero attached hydrogens (tertiary/aromatic N) is 2. The van der Waals surface area contributed by atoms with Crippen molar-refractivity contribution in [1.29, 1.82) is 0 Å². The van der Waals surface area contributed by atoms with Crippen LogP contribution in [0, 0.1) is 6.92 Å². The molecule has 158 valence electrons. The molecule has 4 rings (SSSR count). The zero-order chi connectivity index (χ0) is 21.4. The normalized spacial score (nSPS) is 21.0. The van der Waals surface area contributed by atoms with E-state index in [1.807, 2.05) is 17.9 Å². The van der Waals surface area contributed by atoms with E-state index in [-0.39, 0.29) is 29.8 Å². The first-order valence-electron chi connectivity index (χ1n) is 10.1. The molecule has 3 N–H and O–H groups in total. The highest BCUT2D eigenvalue weighted by atomic mass is 35.5. The Morgan fingerprint density at radius 2 is 2.10 bits per heavy atom. The van der Waals surface area contributed by atoms with Crippen molar-refractivity contribution in [1.82, 2.24) is 9.97 Å². The maximum absolute atomic E-state index is 13.0. The van der Waals surface area contributed by atoms with Gasteiger partial charge in [-0.05, 0) is 50.8 Å². The lowest BCUT2D eigenvalue weighted by Gasteiger charge is -2.34. The molecule has 1 aromatic carbocycles. The molecule has 0 spiro atoms. The quantitative estimate of drug-likeness (QED) is 0.694. The Balaban J connectivity index is 1.66. The summed E-state index contributed by atoms with van der Waals surface area (Å²) < 4.78 is 0. The Labute approximate surface area is 179 Å². The van der Waals surface area contributed by atoms with Crippen molar-refractivity contribution in [2.45, 2.75) is 51.5 Å². The highest BCUT2D eigenvalue weighted by molar-refractivity contribution is 6.33. The van der Waals surface area contributed by atoms with Crippen LogP contribution >= 0.6 is 11.6 Å². The van der Waals surface area contributed by atoms with Gasteiger partial charge in [-0.1, -0.05) is 17.7 Å². The summed E-state index contributed by atoms with van der Waals surface area (Å²) in [5.41, 5.74) is 1.15. The van der Waals surface area contributed by atoms with Crippen molar-refractivity contribution in [2.24, 2.45) is 0 Å². The number of fused-ring (bicyclic) bond motifs is 1. The van der Waals surface area contributed by atoms with Gasteiger partial charge >= 0.3 is 0 Å². The number of aromatic amines is 1. The maximum Gasteiger partial charge on any atom is 0.258 e. The van der Waals surface area contributed by atoms with Crippen LogP contribution in [0.15, 0.2) is 23.0 Å². The third kappa shape index (κ3) is 3.92. The Hall–Kier alpha value is -2.87. The van der Waals surface area contributed by atoms with Gasteiger partial charge in [0.2, 0.25) is 17.8 Å². The standard InChI is InChI=1S/C21H24ClN5O3/c1-11-6-7-15(14(22)9-11)23-19(29)13-10-16(28)24-18-17(13)20(30)26-21(25-18)27-8-4-3-5-12(27)2/h6-7,9,12-13H,3-5,8,10H2,1-2H3,(H,23,29)(H2,24,25,26,28,30). The van der Waals surface area contributed by atoms with Crippen LogP contribution in [-0.2, 0) is 9.59 Å². The van der Waals surface area contributed by atoms with E-state index in [4.69, 9.17) is 11.6 Å². The van der Waals surface area contributed by atoms with Crippen LogP contribution in [0.4, 0.5) is 17.5 Å². The third-order valence-corrected chi connectivity index (χ3v) is 6.03. The second-order valence-corrected chi connectivity index (χ2v) is 8.37. The van der Waals surface area contributed by atoms with Gasteiger partial charge in [0.05, 0.1) is 22.2 Å². The number of aryl methyl sites for hydroxylation is 1. The van der Waals surface area contributed by atoms with Gasteiger partial charge in [-0.25, -0.2) is 0 Å². The average Bonchev–Trinajstić information content (AvgIpc) is 2.69. The van der Waals surface area contributed by atoms with Crippen molar-refractivity contribution in [3.05, 3.63) is 44.7 Å². The number of amides is 2. The zero-order valence-corrected chi connectivity index (χ0v) is 17.7. The van der Waals surface area contributed by atoms with E-state index in [1.54, 1.807) is 12.1 Å². The molecule has 9 heteroatoms. The van der Waals surface area contributed by atoms with Crippen LogP contribution in [0.3, 0.4) is 0 Å². The Morgan fingerprint density at radius 1 is 1.30 bits per heavy atom. The lowest BCUT2D eigenvalue weighted by Crippen LogP contribution is -2.42. The maximum atomic E-state index is 13.0. The minimum atomic E-state index is -0.949. The third-order valence-electron chi connectivity index (χ3n) is 5.71. The monoisotopic (exact) mass is 429 g/mol. The molecule has 8 nitrogen and oxygen atoms in total. The number of piperidine rings is 1. The number of anilines is 3. The molecule has 2 atom stereocenters. The molecule has 2 unspecified atom stereocenters. The number of rotatable bonds is 3. The van der Waals surface area contributed by atoms with Crippen LogP contribution < -0.4 is 21.1 Å². The van der Waals surface area contributed by atoms with Crippen LogP contribution in [0.25, 0.3) is 0 Å². The summed E-state index contributed by atoms with van der Waals surface area (Å²) in [6.07, 6.45) is 3.02. The van der Waals surface area contributed by atoms with Crippen molar-refractivity contribution in [3.8, 4) is 0 Å². The van der Waals surface area contributed by atoms with E-state index >= 15 is 0 Å². The van der Waals surface area contributed by atoms with Gasteiger partial charge in [-0.2, -0.15) is 4.98 Å². The molecule has 1 saturated heterocycles.